The number of oxazole rings is 1. The van der Waals surface area contributed by atoms with Gasteiger partial charge >= 0.3 is 0 Å². The molecule has 0 bridgehead atoms. The fraction of sp³-hybridized carbons (Fsp3) is 0.364. The van der Waals surface area contributed by atoms with Gasteiger partial charge in [-0.2, -0.15) is 4.98 Å². The van der Waals surface area contributed by atoms with Gasteiger partial charge in [-0.05, 0) is 49.2 Å². The molecule has 2 aromatic carbocycles. The van der Waals surface area contributed by atoms with E-state index in [9.17, 15) is 4.79 Å². The van der Waals surface area contributed by atoms with Gasteiger partial charge in [-0.1, -0.05) is 23.7 Å². The fourth-order valence-corrected chi connectivity index (χ4v) is 3.69. The summed E-state index contributed by atoms with van der Waals surface area (Å²) in [5, 5.41) is 0.675. The normalized spacial score (nSPS) is 14.9. The maximum absolute atomic E-state index is 12.8. The van der Waals surface area contributed by atoms with E-state index in [1.165, 1.54) is 0 Å². The van der Waals surface area contributed by atoms with Crippen molar-refractivity contribution in [1.29, 1.82) is 0 Å². The van der Waals surface area contributed by atoms with Crippen LogP contribution in [0.15, 0.2) is 52.9 Å². The zero-order valence-electron chi connectivity index (χ0n) is 16.4. The number of amides is 1. The summed E-state index contributed by atoms with van der Waals surface area (Å²) < 4.78 is 11.5. The number of ether oxygens (including phenoxy) is 1. The lowest BCUT2D eigenvalue weighted by Crippen LogP contribution is -2.42. The molecule has 1 saturated heterocycles. The molecule has 0 N–H and O–H groups in total. The Morgan fingerprint density at radius 1 is 1.21 bits per heavy atom. The van der Waals surface area contributed by atoms with E-state index in [1.807, 2.05) is 43.4 Å². The second-order valence-corrected chi connectivity index (χ2v) is 7.72. The second kappa shape index (κ2) is 8.74. The number of halogens is 1. The van der Waals surface area contributed by atoms with Crippen LogP contribution in [0.25, 0.3) is 11.1 Å². The molecule has 1 fully saturated rings. The van der Waals surface area contributed by atoms with E-state index < -0.39 is 0 Å². The molecule has 1 aliphatic rings. The molecule has 0 radical (unpaired) electrons. The third kappa shape index (κ3) is 4.65. The first-order valence-electron chi connectivity index (χ1n) is 9.84. The van der Waals surface area contributed by atoms with Gasteiger partial charge in [0.05, 0.1) is 6.54 Å². The van der Waals surface area contributed by atoms with E-state index in [-0.39, 0.29) is 11.8 Å². The lowest BCUT2D eigenvalue weighted by molar-refractivity contribution is -0.135. The highest BCUT2D eigenvalue weighted by Gasteiger charge is 2.29. The average Bonchev–Trinajstić information content (AvgIpc) is 3.19. The second-order valence-electron chi connectivity index (χ2n) is 7.29. The van der Waals surface area contributed by atoms with Crippen molar-refractivity contribution in [2.75, 3.05) is 38.2 Å². The molecule has 152 valence electrons. The summed E-state index contributed by atoms with van der Waals surface area (Å²) in [6.07, 6.45) is 1.58. The monoisotopic (exact) mass is 413 g/mol. The van der Waals surface area contributed by atoms with Crippen molar-refractivity contribution in [1.82, 2.24) is 9.88 Å². The van der Waals surface area contributed by atoms with E-state index in [0.717, 1.165) is 42.8 Å². The molecule has 1 aromatic heterocycles. The first-order valence-corrected chi connectivity index (χ1v) is 10.2. The van der Waals surface area contributed by atoms with Crippen LogP contribution in [0.2, 0.25) is 5.02 Å². The van der Waals surface area contributed by atoms with Crippen molar-refractivity contribution in [3.63, 3.8) is 0 Å². The molecule has 1 aliphatic heterocycles. The van der Waals surface area contributed by atoms with Gasteiger partial charge in [0.1, 0.15) is 17.9 Å². The third-order valence-corrected chi connectivity index (χ3v) is 5.53. The number of hydrogen-bond acceptors (Lipinski definition) is 5. The molecule has 7 heteroatoms. The number of benzene rings is 2. The maximum atomic E-state index is 12.8. The van der Waals surface area contributed by atoms with Gasteiger partial charge in [0.15, 0.2) is 5.58 Å². The summed E-state index contributed by atoms with van der Waals surface area (Å²) in [6, 6.07) is 15.6. The summed E-state index contributed by atoms with van der Waals surface area (Å²) >= 11 is 5.87. The Morgan fingerprint density at radius 3 is 2.66 bits per heavy atom. The molecule has 0 spiro atoms. The van der Waals surface area contributed by atoms with Crippen molar-refractivity contribution in [2.24, 2.45) is 5.92 Å². The summed E-state index contributed by atoms with van der Waals surface area (Å²) in [5.41, 5.74) is 1.65. The Kier molecular flexibility index (Phi) is 5.90. The van der Waals surface area contributed by atoms with Crippen molar-refractivity contribution in [3.05, 3.63) is 53.6 Å². The molecule has 4 rings (SSSR count). The quantitative estimate of drug-likeness (QED) is 0.605. The number of para-hydroxylation sites is 2. The molecule has 6 nitrogen and oxygen atoms in total. The molecule has 0 unspecified atom stereocenters. The van der Waals surface area contributed by atoms with Crippen LogP contribution in [0, 0.1) is 5.92 Å². The zero-order chi connectivity index (χ0) is 20.2. The molecular weight excluding hydrogens is 390 g/mol. The molecule has 3 aromatic rings. The standard InChI is InChI=1S/C22H24ClN3O3/c1-25(14-15-28-18-8-6-17(23)7-9-18)21(27)16-10-12-26(13-11-16)22-24-19-4-2-3-5-20(19)29-22/h2-9,16H,10-15H2,1H3. The summed E-state index contributed by atoms with van der Waals surface area (Å²) in [5.74, 6) is 0.944. The fourth-order valence-electron chi connectivity index (χ4n) is 3.57. The van der Waals surface area contributed by atoms with Crippen molar-refractivity contribution in [3.8, 4) is 5.75 Å². The Balaban J connectivity index is 1.25. The number of carbonyl (C=O) groups excluding carboxylic acids is 1. The van der Waals surface area contributed by atoms with E-state index >= 15 is 0 Å². The van der Waals surface area contributed by atoms with E-state index in [2.05, 4.69) is 9.88 Å². The van der Waals surface area contributed by atoms with Crippen LogP contribution in [-0.4, -0.2) is 49.1 Å². The highest BCUT2D eigenvalue weighted by Crippen LogP contribution is 2.27. The average molecular weight is 414 g/mol. The smallest absolute Gasteiger partial charge is 0.298 e. The van der Waals surface area contributed by atoms with Crippen molar-refractivity contribution < 1.29 is 13.9 Å². The lowest BCUT2D eigenvalue weighted by atomic mass is 9.95. The molecule has 0 saturated carbocycles. The van der Waals surface area contributed by atoms with Gasteiger partial charge in [0, 0.05) is 31.1 Å². The number of piperidine rings is 1. The summed E-state index contributed by atoms with van der Waals surface area (Å²) in [4.78, 5) is 21.2. The molecule has 29 heavy (non-hydrogen) atoms. The van der Waals surface area contributed by atoms with Gasteiger partial charge in [-0.3, -0.25) is 4.79 Å². The minimum atomic E-state index is 0.0242. The summed E-state index contributed by atoms with van der Waals surface area (Å²) in [7, 11) is 1.83. The number of anilines is 1. The highest BCUT2D eigenvalue weighted by atomic mass is 35.5. The highest BCUT2D eigenvalue weighted by molar-refractivity contribution is 6.30. The van der Waals surface area contributed by atoms with E-state index in [1.54, 1.807) is 17.0 Å². The predicted octanol–water partition coefficient (Wildman–Crippen LogP) is 4.24. The van der Waals surface area contributed by atoms with Crippen LogP contribution < -0.4 is 9.64 Å². The molecule has 1 amide bonds. The van der Waals surface area contributed by atoms with Gasteiger partial charge in [0.2, 0.25) is 5.91 Å². The number of fused-ring (bicyclic) bond motifs is 1. The van der Waals surface area contributed by atoms with Crippen LogP contribution in [0.4, 0.5) is 6.01 Å². The van der Waals surface area contributed by atoms with E-state index in [0.29, 0.717) is 24.2 Å². The van der Waals surface area contributed by atoms with Gasteiger partial charge in [-0.15, -0.1) is 0 Å². The number of aromatic nitrogens is 1. The van der Waals surface area contributed by atoms with Crippen LogP contribution in [-0.2, 0) is 4.79 Å². The van der Waals surface area contributed by atoms with Gasteiger partial charge in [-0.25, -0.2) is 0 Å². The van der Waals surface area contributed by atoms with Crippen molar-refractivity contribution in [2.45, 2.75) is 12.8 Å². The Bertz CT molecular complexity index is 932. The largest absolute Gasteiger partial charge is 0.492 e. The minimum Gasteiger partial charge on any atom is -0.492 e. The molecule has 2 heterocycles. The lowest BCUT2D eigenvalue weighted by Gasteiger charge is -2.32. The number of nitrogens with zero attached hydrogens (tertiary/aromatic N) is 3. The van der Waals surface area contributed by atoms with Crippen LogP contribution in [0.1, 0.15) is 12.8 Å². The third-order valence-electron chi connectivity index (χ3n) is 5.28. The molecular formula is C22H24ClN3O3. The minimum absolute atomic E-state index is 0.0242. The number of likely N-dealkylation sites (N-methyl/N-ethyl adjacent to an activating group) is 1. The summed E-state index contributed by atoms with van der Waals surface area (Å²) in [6.45, 7) is 2.52. The van der Waals surface area contributed by atoms with Gasteiger partial charge in [0.25, 0.3) is 6.01 Å². The number of carbonyl (C=O) groups is 1. The predicted molar refractivity (Wildman–Crippen MR) is 114 cm³/mol. The SMILES string of the molecule is CN(CCOc1ccc(Cl)cc1)C(=O)C1CCN(c2nc3ccccc3o2)CC1. The Morgan fingerprint density at radius 2 is 1.93 bits per heavy atom. The van der Waals surface area contributed by atoms with E-state index in [4.69, 9.17) is 20.8 Å². The topological polar surface area (TPSA) is 58.8 Å². The first-order chi connectivity index (χ1) is 14.1. The number of hydrogen-bond donors (Lipinski definition) is 0. The molecule has 0 aliphatic carbocycles. The van der Waals surface area contributed by atoms with Crippen LogP contribution in [0.3, 0.4) is 0 Å². The Hall–Kier alpha value is -2.73. The van der Waals surface area contributed by atoms with Crippen LogP contribution >= 0.6 is 11.6 Å². The maximum Gasteiger partial charge on any atom is 0.298 e. The van der Waals surface area contributed by atoms with Gasteiger partial charge < -0.3 is 19.0 Å². The molecule has 0 atom stereocenters. The van der Waals surface area contributed by atoms with Crippen molar-refractivity contribution >= 4 is 34.6 Å². The zero-order valence-corrected chi connectivity index (χ0v) is 17.1. The Labute approximate surface area is 175 Å². The number of rotatable bonds is 6. The first kappa shape index (κ1) is 19.6. The van der Waals surface area contributed by atoms with Crippen LogP contribution in [0.5, 0.6) is 5.75 Å².